The second-order valence-corrected chi connectivity index (χ2v) is 10.6. The number of imidazole rings is 1. The summed E-state index contributed by atoms with van der Waals surface area (Å²) in [6.45, 7) is 1.17. The number of fused-ring (bicyclic) bond motifs is 1. The molecule has 1 atom stereocenters. The summed E-state index contributed by atoms with van der Waals surface area (Å²) in [7, 11) is 0. The van der Waals surface area contributed by atoms with Crippen molar-refractivity contribution in [3.8, 4) is 11.3 Å². The van der Waals surface area contributed by atoms with E-state index in [1.165, 1.54) is 0 Å². The molecule has 5 aromatic rings. The molecule has 0 saturated carbocycles. The molecule has 6 rings (SSSR count). The number of piperidine rings is 1. The number of anilines is 2. The second kappa shape index (κ2) is 12.3. The van der Waals surface area contributed by atoms with Crippen LogP contribution < -0.4 is 11.1 Å². The summed E-state index contributed by atoms with van der Waals surface area (Å²) < 4.78 is 46.6. The molecule has 1 saturated heterocycles. The Kier molecular flexibility index (Phi) is 8.07. The molecule has 0 radical (unpaired) electrons. The molecule has 3 aromatic heterocycles. The van der Waals surface area contributed by atoms with Crippen LogP contribution in [0.4, 0.5) is 29.6 Å². The van der Waals surface area contributed by atoms with E-state index in [2.05, 4.69) is 15.3 Å². The van der Waals surface area contributed by atoms with Gasteiger partial charge in [0.25, 0.3) is 5.91 Å². The third kappa shape index (κ3) is 6.42. The lowest BCUT2D eigenvalue weighted by atomic mass is 9.97. The first kappa shape index (κ1) is 29.6. The molecule has 13 heteroatoms. The van der Waals surface area contributed by atoms with Gasteiger partial charge in [-0.1, -0.05) is 42.5 Å². The summed E-state index contributed by atoms with van der Waals surface area (Å²) in [5, 5.41) is 2.41. The predicted molar refractivity (Wildman–Crippen MR) is 160 cm³/mol. The number of nitrogens with two attached hydrogens (primary N) is 1. The number of benzene rings is 2. The lowest BCUT2D eigenvalue weighted by Gasteiger charge is -2.31. The first-order chi connectivity index (χ1) is 21.7. The highest BCUT2D eigenvalue weighted by atomic mass is 19.4. The summed E-state index contributed by atoms with van der Waals surface area (Å²) in [5.74, 6) is 0.0427. The number of alkyl halides is 3. The maximum atomic E-state index is 13.1. The molecule has 0 bridgehead atoms. The standard InChI is InChI=1S/C32H28F3N7O3/c33-32(34,35)24-12-13-37-25(17-24)39-30(43)22-10-8-21(9-11-22)26-27-28(36)38-14-16-42(27)29(40-26)23-7-4-15-41(18-23)31(44)45-19-20-5-2-1-3-6-20/h1-3,5-6,8-14,16-17,23H,4,7,15,18-19H2,(H2,36,38)(H,37,39,43). The molecule has 1 aliphatic heterocycles. The van der Waals surface area contributed by atoms with E-state index >= 15 is 0 Å². The smallest absolute Gasteiger partial charge is 0.416 e. The number of nitrogens with one attached hydrogen (secondary N) is 1. The Hall–Kier alpha value is -5.46. The van der Waals surface area contributed by atoms with Gasteiger partial charge in [0.2, 0.25) is 0 Å². The zero-order valence-electron chi connectivity index (χ0n) is 23.9. The largest absolute Gasteiger partial charge is 0.445 e. The van der Waals surface area contributed by atoms with Gasteiger partial charge in [-0.05, 0) is 42.7 Å². The quantitative estimate of drug-likeness (QED) is 0.234. The van der Waals surface area contributed by atoms with Crippen molar-refractivity contribution >= 4 is 29.2 Å². The number of hydrogen-bond donors (Lipinski definition) is 2. The van der Waals surface area contributed by atoms with Crippen LogP contribution in [0.2, 0.25) is 0 Å². The lowest BCUT2D eigenvalue weighted by Crippen LogP contribution is -2.39. The molecule has 10 nitrogen and oxygen atoms in total. The maximum absolute atomic E-state index is 13.1. The SMILES string of the molecule is Nc1nccn2c(C3CCCN(C(=O)OCc4ccccc4)C3)nc(-c3ccc(C(=O)Nc4cc(C(F)(F)F)ccn4)cc3)c12. The minimum atomic E-state index is -4.56. The van der Waals surface area contributed by atoms with E-state index in [4.69, 9.17) is 15.5 Å². The fourth-order valence-corrected chi connectivity index (χ4v) is 5.38. The van der Waals surface area contributed by atoms with Gasteiger partial charge in [0, 0.05) is 48.7 Å². The van der Waals surface area contributed by atoms with Crippen molar-refractivity contribution in [1.82, 2.24) is 24.3 Å². The summed E-state index contributed by atoms with van der Waals surface area (Å²) in [5.41, 5.74) is 8.30. The van der Waals surface area contributed by atoms with Gasteiger partial charge in [0.05, 0.1) is 5.56 Å². The molecule has 45 heavy (non-hydrogen) atoms. The minimum absolute atomic E-state index is 0.101. The van der Waals surface area contributed by atoms with Gasteiger partial charge >= 0.3 is 12.3 Å². The Morgan fingerprint density at radius 1 is 1.02 bits per heavy atom. The second-order valence-electron chi connectivity index (χ2n) is 10.6. The monoisotopic (exact) mass is 615 g/mol. The first-order valence-corrected chi connectivity index (χ1v) is 14.2. The summed E-state index contributed by atoms with van der Waals surface area (Å²) in [4.78, 5) is 40.4. The number of amides is 2. The normalized spacial score (nSPS) is 15.2. The average molecular weight is 616 g/mol. The van der Waals surface area contributed by atoms with E-state index in [-0.39, 0.29) is 35.8 Å². The molecule has 230 valence electrons. The van der Waals surface area contributed by atoms with Crippen LogP contribution in [-0.4, -0.2) is 49.3 Å². The van der Waals surface area contributed by atoms with Gasteiger partial charge in [-0.3, -0.25) is 9.20 Å². The molecule has 0 aliphatic carbocycles. The van der Waals surface area contributed by atoms with Crippen LogP contribution in [0.3, 0.4) is 0 Å². The van der Waals surface area contributed by atoms with E-state index in [1.54, 1.807) is 41.6 Å². The Labute approximate surface area is 255 Å². The van der Waals surface area contributed by atoms with Gasteiger partial charge in [-0.2, -0.15) is 13.2 Å². The summed E-state index contributed by atoms with van der Waals surface area (Å²) in [6.07, 6.45) is 0.955. The topological polar surface area (TPSA) is 128 Å². The number of ether oxygens (including phenoxy) is 1. The van der Waals surface area contributed by atoms with Crippen LogP contribution in [-0.2, 0) is 17.5 Å². The Balaban J connectivity index is 1.21. The van der Waals surface area contributed by atoms with E-state index in [0.717, 1.165) is 36.7 Å². The molecular weight excluding hydrogens is 587 g/mol. The highest BCUT2D eigenvalue weighted by Crippen LogP contribution is 2.34. The fourth-order valence-electron chi connectivity index (χ4n) is 5.38. The van der Waals surface area contributed by atoms with Crippen LogP contribution in [0.25, 0.3) is 16.8 Å². The summed E-state index contributed by atoms with van der Waals surface area (Å²) in [6, 6.07) is 17.5. The van der Waals surface area contributed by atoms with E-state index in [9.17, 15) is 22.8 Å². The van der Waals surface area contributed by atoms with Gasteiger partial charge in [0.15, 0.2) is 0 Å². The number of hydrogen-bond acceptors (Lipinski definition) is 7. The molecule has 1 fully saturated rings. The van der Waals surface area contributed by atoms with Gasteiger partial charge in [-0.15, -0.1) is 0 Å². The minimum Gasteiger partial charge on any atom is -0.445 e. The van der Waals surface area contributed by atoms with Crippen molar-refractivity contribution < 1.29 is 27.5 Å². The number of aromatic nitrogens is 4. The Morgan fingerprint density at radius 3 is 2.56 bits per heavy atom. The Morgan fingerprint density at radius 2 is 1.80 bits per heavy atom. The van der Waals surface area contributed by atoms with Crippen LogP contribution in [0.5, 0.6) is 0 Å². The molecule has 2 aromatic carbocycles. The molecule has 2 amide bonds. The van der Waals surface area contributed by atoms with Crippen molar-refractivity contribution in [3.63, 3.8) is 0 Å². The molecular formula is C32H28F3N7O3. The molecule has 1 aliphatic rings. The number of halogens is 3. The number of nitrogen functional groups attached to an aromatic ring is 1. The number of rotatable bonds is 6. The average Bonchev–Trinajstić information content (AvgIpc) is 3.45. The van der Waals surface area contributed by atoms with Gasteiger partial charge in [0.1, 0.15) is 35.3 Å². The number of carbonyl (C=O) groups is 2. The number of pyridine rings is 1. The van der Waals surface area contributed by atoms with Crippen molar-refractivity contribution in [2.24, 2.45) is 0 Å². The van der Waals surface area contributed by atoms with Crippen molar-refractivity contribution in [3.05, 3.63) is 108 Å². The molecule has 3 N–H and O–H groups in total. The van der Waals surface area contributed by atoms with Crippen LogP contribution >= 0.6 is 0 Å². The van der Waals surface area contributed by atoms with Crippen molar-refractivity contribution in [2.75, 3.05) is 24.1 Å². The fraction of sp³-hybridized carbons (Fsp3) is 0.219. The molecule has 1 unspecified atom stereocenters. The predicted octanol–water partition coefficient (Wildman–Crippen LogP) is 6.16. The van der Waals surface area contributed by atoms with Crippen LogP contribution in [0.15, 0.2) is 85.3 Å². The van der Waals surface area contributed by atoms with Crippen LogP contribution in [0, 0.1) is 0 Å². The zero-order chi connectivity index (χ0) is 31.6. The maximum Gasteiger partial charge on any atom is 0.416 e. The summed E-state index contributed by atoms with van der Waals surface area (Å²) >= 11 is 0. The van der Waals surface area contributed by atoms with Crippen molar-refractivity contribution in [2.45, 2.75) is 31.5 Å². The number of likely N-dealkylation sites (tertiary alicyclic amines) is 1. The first-order valence-electron chi connectivity index (χ1n) is 14.2. The zero-order valence-corrected chi connectivity index (χ0v) is 23.9. The van der Waals surface area contributed by atoms with Crippen molar-refractivity contribution in [1.29, 1.82) is 0 Å². The third-order valence-corrected chi connectivity index (χ3v) is 7.61. The van der Waals surface area contributed by atoms with E-state index in [1.807, 2.05) is 34.7 Å². The highest BCUT2D eigenvalue weighted by Gasteiger charge is 2.32. The molecule has 0 spiro atoms. The van der Waals surface area contributed by atoms with Gasteiger partial charge in [-0.25, -0.2) is 19.7 Å². The van der Waals surface area contributed by atoms with Gasteiger partial charge < -0.3 is 20.7 Å². The lowest BCUT2D eigenvalue weighted by molar-refractivity contribution is -0.137. The van der Waals surface area contributed by atoms with Crippen LogP contribution in [0.1, 0.15) is 46.1 Å². The Bertz CT molecular complexity index is 1840. The molecule has 4 heterocycles. The number of nitrogens with zero attached hydrogens (tertiary/aromatic N) is 5. The third-order valence-electron chi connectivity index (χ3n) is 7.61. The van der Waals surface area contributed by atoms with E-state index < -0.39 is 17.6 Å². The number of carbonyl (C=O) groups excluding carboxylic acids is 2. The highest BCUT2D eigenvalue weighted by molar-refractivity contribution is 6.04. The van der Waals surface area contributed by atoms with E-state index in [0.29, 0.717) is 35.7 Å².